The van der Waals surface area contributed by atoms with Crippen LogP contribution in [0.3, 0.4) is 0 Å². The maximum absolute atomic E-state index is 6.27. The van der Waals surface area contributed by atoms with Crippen molar-refractivity contribution in [2.24, 2.45) is 11.1 Å². The highest BCUT2D eigenvalue weighted by Gasteiger charge is 2.32. The molecule has 0 amide bonds. The van der Waals surface area contributed by atoms with E-state index in [0.717, 1.165) is 38.2 Å². The number of ether oxygens (including phenoxy) is 1. The molecule has 0 bridgehead atoms. The molecule has 2 rings (SSSR count). The van der Waals surface area contributed by atoms with Gasteiger partial charge in [0.2, 0.25) is 0 Å². The van der Waals surface area contributed by atoms with Crippen LogP contribution >= 0.6 is 35.6 Å². The Balaban J connectivity index is 0.00000200. The Bertz CT molecular complexity index is 470. The topological polar surface area (TPSA) is 38.5 Å². The van der Waals surface area contributed by atoms with E-state index in [-0.39, 0.29) is 17.8 Å². The molecule has 2 N–H and O–H groups in total. The van der Waals surface area contributed by atoms with Crippen molar-refractivity contribution >= 4 is 35.6 Å². The summed E-state index contributed by atoms with van der Waals surface area (Å²) in [6.07, 6.45) is 1.13. The molecule has 1 unspecified atom stereocenters. The van der Waals surface area contributed by atoms with Crippen molar-refractivity contribution in [3.8, 4) is 5.75 Å². The van der Waals surface area contributed by atoms with E-state index in [2.05, 4.69) is 11.8 Å². The summed E-state index contributed by atoms with van der Waals surface area (Å²) < 4.78 is 5.15. The molecule has 0 aromatic heterocycles. The third-order valence-corrected chi connectivity index (χ3v) is 4.49. The number of nitrogens with two attached hydrogens (primary N) is 1. The number of nitrogens with zero attached hydrogens (tertiary/aromatic N) is 1. The Morgan fingerprint density at radius 3 is 2.60 bits per heavy atom. The fourth-order valence-corrected chi connectivity index (χ4v) is 2.99. The number of hydrogen-bond acceptors (Lipinski definition) is 3. The highest BCUT2D eigenvalue weighted by molar-refractivity contribution is 6.34. The molecule has 1 saturated heterocycles. The van der Waals surface area contributed by atoms with Crippen molar-refractivity contribution in [3.63, 3.8) is 0 Å². The third kappa shape index (κ3) is 3.92. The summed E-state index contributed by atoms with van der Waals surface area (Å²) in [5.74, 6) is 0.614. The molecule has 1 atom stereocenters. The lowest BCUT2D eigenvalue weighted by Gasteiger charge is -2.23. The zero-order valence-electron chi connectivity index (χ0n) is 11.8. The van der Waals surface area contributed by atoms with Gasteiger partial charge in [0, 0.05) is 24.2 Å². The van der Waals surface area contributed by atoms with Crippen LogP contribution in [0.4, 0.5) is 0 Å². The summed E-state index contributed by atoms with van der Waals surface area (Å²) in [7, 11) is 1.59. The van der Waals surface area contributed by atoms with Crippen LogP contribution in [0.15, 0.2) is 12.1 Å². The van der Waals surface area contributed by atoms with E-state index in [0.29, 0.717) is 15.8 Å². The Morgan fingerprint density at radius 1 is 1.35 bits per heavy atom. The van der Waals surface area contributed by atoms with Gasteiger partial charge in [0.25, 0.3) is 0 Å². The molecule has 3 nitrogen and oxygen atoms in total. The van der Waals surface area contributed by atoms with E-state index in [4.69, 9.17) is 33.7 Å². The number of hydrogen-bond donors (Lipinski definition) is 1. The molecule has 0 spiro atoms. The first kappa shape index (κ1) is 17.9. The van der Waals surface area contributed by atoms with Gasteiger partial charge in [-0.15, -0.1) is 12.4 Å². The molecule has 1 aliphatic heterocycles. The van der Waals surface area contributed by atoms with Gasteiger partial charge in [0.15, 0.2) is 0 Å². The molecule has 1 heterocycles. The minimum Gasteiger partial charge on any atom is -0.495 e. The molecule has 0 saturated carbocycles. The second kappa shape index (κ2) is 7.19. The van der Waals surface area contributed by atoms with Gasteiger partial charge in [-0.2, -0.15) is 0 Å². The Hall–Kier alpha value is -0.190. The summed E-state index contributed by atoms with van der Waals surface area (Å²) in [6.45, 7) is 5.81. The van der Waals surface area contributed by atoms with Crippen molar-refractivity contribution in [1.82, 2.24) is 4.90 Å². The highest BCUT2D eigenvalue weighted by Crippen LogP contribution is 2.34. The lowest BCUT2D eigenvalue weighted by molar-refractivity contribution is 0.274. The smallest absolute Gasteiger partial charge is 0.138 e. The average molecular weight is 340 g/mol. The van der Waals surface area contributed by atoms with Crippen LogP contribution in [0.5, 0.6) is 5.75 Å². The van der Waals surface area contributed by atoms with Gasteiger partial charge in [-0.05, 0) is 36.6 Å². The van der Waals surface area contributed by atoms with E-state index in [1.54, 1.807) is 13.2 Å². The van der Waals surface area contributed by atoms with E-state index in [1.165, 1.54) is 0 Å². The zero-order valence-corrected chi connectivity index (χ0v) is 14.1. The van der Waals surface area contributed by atoms with Crippen molar-refractivity contribution in [2.75, 3.05) is 26.7 Å². The second-order valence-electron chi connectivity index (χ2n) is 5.55. The fraction of sp³-hybridized carbons (Fsp3) is 0.571. The molecule has 6 heteroatoms. The van der Waals surface area contributed by atoms with Gasteiger partial charge >= 0.3 is 0 Å². The van der Waals surface area contributed by atoms with Gasteiger partial charge in [0.1, 0.15) is 5.75 Å². The van der Waals surface area contributed by atoms with E-state index >= 15 is 0 Å². The van der Waals surface area contributed by atoms with Gasteiger partial charge in [-0.3, -0.25) is 4.90 Å². The molecule has 1 fully saturated rings. The first-order chi connectivity index (χ1) is 8.97. The van der Waals surface area contributed by atoms with Gasteiger partial charge in [0.05, 0.1) is 12.1 Å². The molecule has 0 aliphatic carbocycles. The van der Waals surface area contributed by atoms with Crippen molar-refractivity contribution in [3.05, 3.63) is 27.7 Å². The predicted octanol–water partition coefficient (Wildman–Crippen LogP) is 3.59. The normalized spacial score (nSPS) is 22.6. The fourth-order valence-electron chi connectivity index (χ4n) is 2.52. The molecule has 114 valence electrons. The molecule has 0 radical (unpaired) electrons. The minimum atomic E-state index is 0. The van der Waals surface area contributed by atoms with Crippen LogP contribution in [0, 0.1) is 5.41 Å². The summed E-state index contributed by atoms with van der Waals surface area (Å²) >= 11 is 12.4. The first-order valence-electron chi connectivity index (χ1n) is 6.42. The third-order valence-electron chi connectivity index (χ3n) is 3.84. The molecular weight excluding hydrogens is 319 g/mol. The van der Waals surface area contributed by atoms with Crippen LogP contribution in [0.25, 0.3) is 0 Å². The summed E-state index contributed by atoms with van der Waals surface area (Å²) in [5.41, 5.74) is 7.09. The van der Waals surface area contributed by atoms with E-state index in [1.807, 2.05) is 6.07 Å². The van der Waals surface area contributed by atoms with Crippen LogP contribution in [0.2, 0.25) is 10.0 Å². The first-order valence-corrected chi connectivity index (χ1v) is 7.17. The van der Waals surface area contributed by atoms with Gasteiger partial charge in [-0.25, -0.2) is 0 Å². The summed E-state index contributed by atoms with van der Waals surface area (Å²) in [4.78, 5) is 2.37. The SMILES string of the molecule is COc1cc(Cl)c(CN2CCC(C)(CN)C2)cc1Cl.Cl. The van der Waals surface area contributed by atoms with Crippen molar-refractivity contribution < 1.29 is 4.74 Å². The van der Waals surface area contributed by atoms with Crippen LogP contribution in [0.1, 0.15) is 18.9 Å². The Labute approximate surface area is 136 Å². The maximum Gasteiger partial charge on any atom is 0.138 e. The van der Waals surface area contributed by atoms with Crippen LogP contribution in [-0.4, -0.2) is 31.6 Å². The monoisotopic (exact) mass is 338 g/mol. The van der Waals surface area contributed by atoms with Crippen molar-refractivity contribution in [2.45, 2.75) is 19.9 Å². The number of benzene rings is 1. The van der Waals surface area contributed by atoms with Crippen LogP contribution < -0.4 is 10.5 Å². The van der Waals surface area contributed by atoms with Gasteiger partial charge in [-0.1, -0.05) is 30.1 Å². The number of likely N-dealkylation sites (tertiary alicyclic amines) is 1. The Morgan fingerprint density at radius 2 is 2.05 bits per heavy atom. The molecule has 20 heavy (non-hydrogen) atoms. The summed E-state index contributed by atoms with van der Waals surface area (Å²) in [6, 6.07) is 3.66. The lowest BCUT2D eigenvalue weighted by atomic mass is 9.90. The number of methoxy groups -OCH3 is 1. The molecule has 1 aliphatic rings. The quantitative estimate of drug-likeness (QED) is 0.911. The van der Waals surface area contributed by atoms with Crippen LogP contribution in [-0.2, 0) is 6.54 Å². The highest BCUT2D eigenvalue weighted by atomic mass is 35.5. The minimum absolute atomic E-state index is 0. The molecular formula is C14H21Cl3N2O. The molecule has 1 aromatic carbocycles. The maximum atomic E-state index is 6.27. The largest absolute Gasteiger partial charge is 0.495 e. The number of rotatable bonds is 4. The van der Waals surface area contributed by atoms with Crippen molar-refractivity contribution in [1.29, 1.82) is 0 Å². The van der Waals surface area contributed by atoms with E-state index in [9.17, 15) is 0 Å². The zero-order chi connectivity index (χ0) is 14.0. The molecule has 1 aromatic rings. The predicted molar refractivity (Wildman–Crippen MR) is 87.3 cm³/mol. The second-order valence-corrected chi connectivity index (χ2v) is 6.37. The summed E-state index contributed by atoms with van der Waals surface area (Å²) in [5, 5.41) is 1.30. The lowest BCUT2D eigenvalue weighted by Crippen LogP contribution is -2.31. The average Bonchev–Trinajstić information content (AvgIpc) is 2.76. The van der Waals surface area contributed by atoms with Gasteiger partial charge < -0.3 is 10.5 Å². The van der Waals surface area contributed by atoms with E-state index < -0.39 is 0 Å². The number of halogens is 3. The standard InChI is InChI=1S/C14H20Cl2N2O.ClH/c1-14(8-17)3-4-18(9-14)7-10-5-12(16)13(19-2)6-11(10)15;/h5-6H,3-4,7-9,17H2,1-2H3;1H. The Kier molecular flexibility index (Phi) is 6.42.